The Morgan fingerprint density at radius 2 is 1.95 bits per heavy atom. The van der Waals surface area contributed by atoms with Crippen molar-refractivity contribution >= 4 is 34.0 Å². The van der Waals surface area contributed by atoms with Gasteiger partial charge < -0.3 is 10.1 Å². The molecule has 0 aliphatic carbocycles. The van der Waals surface area contributed by atoms with E-state index >= 15 is 0 Å². The lowest BCUT2D eigenvalue weighted by Gasteiger charge is -2.01. The van der Waals surface area contributed by atoms with E-state index in [0.29, 0.717) is 16.5 Å². The molecule has 0 fully saturated rings. The van der Waals surface area contributed by atoms with E-state index in [2.05, 4.69) is 5.32 Å². The van der Waals surface area contributed by atoms with Gasteiger partial charge in [-0.2, -0.15) is 0 Å². The molecule has 0 radical (unpaired) electrons. The molecule has 0 aliphatic rings. The number of esters is 1. The van der Waals surface area contributed by atoms with Crippen LogP contribution in [-0.2, 0) is 20.7 Å². The molecule has 1 N–H and O–H groups in total. The fraction of sp³-hybridized carbons (Fsp3) is 0.500. The van der Waals surface area contributed by atoms with Crippen molar-refractivity contribution in [2.75, 3.05) is 11.9 Å². The first kappa shape index (κ1) is 16.4. The number of carbonyl (C=O) groups excluding carboxylic acids is 3. The van der Waals surface area contributed by atoms with Gasteiger partial charge in [0.1, 0.15) is 4.88 Å². The number of anilines is 1. The molecule has 0 spiro atoms. The monoisotopic (exact) mass is 297 g/mol. The van der Waals surface area contributed by atoms with Crippen molar-refractivity contribution in [2.45, 2.75) is 40.0 Å². The number of amides is 1. The maximum absolute atomic E-state index is 11.8. The molecule has 0 unspecified atom stereocenters. The highest BCUT2D eigenvalue weighted by Crippen LogP contribution is 2.29. The zero-order valence-corrected chi connectivity index (χ0v) is 12.8. The number of Topliss-reactive ketones (excluding diaryl/α,β-unsaturated/α-hetero) is 1. The Kier molecular flexibility index (Phi) is 6.38. The fourth-order valence-corrected chi connectivity index (χ4v) is 2.66. The molecule has 1 rings (SSSR count). The van der Waals surface area contributed by atoms with Crippen LogP contribution in [0.3, 0.4) is 0 Å². The Morgan fingerprint density at radius 3 is 2.50 bits per heavy atom. The summed E-state index contributed by atoms with van der Waals surface area (Å²) in [6.45, 7) is 5.68. The summed E-state index contributed by atoms with van der Waals surface area (Å²) in [5.74, 6) is -1.51. The van der Waals surface area contributed by atoms with Crippen LogP contribution in [0.1, 0.15) is 48.8 Å². The number of hydrogen-bond donors (Lipinski definition) is 1. The Hall–Kier alpha value is -1.69. The fourth-order valence-electron chi connectivity index (χ4n) is 1.66. The second-order valence-corrected chi connectivity index (χ2v) is 5.22. The number of aryl methyl sites for hydroxylation is 1. The first-order valence-electron chi connectivity index (χ1n) is 6.67. The van der Waals surface area contributed by atoms with E-state index in [1.165, 1.54) is 0 Å². The summed E-state index contributed by atoms with van der Waals surface area (Å²) >= 11 is 1.15. The molecule has 5 nitrogen and oxygen atoms in total. The molecule has 1 aromatic rings. The minimum Gasteiger partial charge on any atom is -0.462 e. The van der Waals surface area contributed by atoms with Gasteiger partial charge in [0, 0.05) is 6.42 Å². The van der Waals surface area contributed by atoms with Gasteiger partial charge in [-0.3, -0.25) is 9.59 Å². The maximum Gasteiger partial charge on any atom is 0.348 e. The third-order valence-corrected chi connectivity index (χ3v) is 3.67. The second-order valence-electron chi connectivity index (χ2n) is 4.17. The van der Waals surface area contributed by atoms with Crippen LogP contribution in [0.4, 0.5) is 5.00 Å². The molecule has 0 saturated heterocycles. The summed E-state index contributed by atoms with van der Waals surface area (Å²) < 4.78 is 4.99. The van der Waals surface area contributed by atoms with Crippen LogP contribution >= 0.6 is 11.3 Å². The minimum absolute atomic E-state index is 0.157. The lowest BCUT2D eigenvalue weighted by Crippen LogP contribution is -2.21. The summed E-state index contributed by atoms with van der Waals surface area (Å²) in [5.41, 5.74) is 0.843. The smallest absolute Gasteiger partial charge is 0.348 e. The molecule has 1 heterocycles. The topological polar surface area (TPSA) is 72.5 Å². The number of rotatable bonds is 7. The van der Waals surface area contributed by atoms with Crippen LogP contribution in [0.5, 0.6) is 0 Å². The molecular formula is C14H19NO4S. The number of ketones is 1. The normalized spacial score (nSPS) is 10.2. The molecule has 110 valence electrons. The summed E-state index contributed by atoms with van der Waals surface area (Å²) in [6.07, 6.45) is 1.76. The van der Waals surface area contributed by atoms with Gasteiger partial charge >= 0.3 is 5.97 Å². The Labute approximate surface area is 122 Å². The molecule has 1 amide bonds. The number of thiophene rings is 1. The minimum atomic E-state index is -0.646. The van der Waals surface area contributed by atoms with Crippen LogP contribution in [0.15, 0.2) is 6.07 Å². The zero-order valence-electron chi connectivity index (χ0n) is 11.9. The van der Waals surface area contributed by atoms with Gasteiger partial charge in [0.25, 0.3) is 5.91 Å². The van der Waals surface area contributed by atoms with Crippen molar-refractivity contribution in [1.82, 2.24) is 0 Å². The molecule has 0 saturated carbocycles. The molecule has 0 bridgehead atoms. The van der Waals surface area contributed by atoms with Crippen molar-refractivity contribution in [1.29, 1.82) is 0 Å². The largest absolute Gasteiger partial charge is 0.462 e. The van der Waals surface area contributed by atoms with Gasteiger partial charge in [0.15, 0.2) is 0 Å². The summed E-state index contributed by atoms with van der Waals surface area (Å²) in [6, 6.07) is 1.74. The highest BCUT2D eigenvalue weighted by Gasteiger charge is 2.19. The molecular weight excluding hydrogens is 278 g/mol. The first-order valence-corrected chi connectivity index (χ1v) is 7.49. The molecule has 20 heavy (non-hydrogen) atoms. The van der Waals surface area contributed by atoms with Gasteiger partial charge in [-0.25, -0.2) is 4.79 Å². The van der Waals surface area contributed by atoms with Crippen LogP contribution in [-0.4, -0.2) is 24.3 Å². The lowest BCUT2D eigenvalue weighted by molar-refractivity contribution is -0.134. The van der Waals surface area contributed by atoms with E-state index < -0.39 is 11.7 Å². The van der Waals surface area contributed by atoms with Gasteiger partial charge in [-0.05, 0) is 25.0 Å². The predicted molar refractivity (Wildman–Crippen MR) is 78.2 cm³/mol. The Morgan fingerprint density at radius 1 is 1.25 bits per heavy atom. The highest BCUT2D eigenvalue weighted by molar-refractivity contribution is 7.18. The number of hydrogen-bond acceptors (Lipinski definition) is 5. The average molecular weight is 297 g/mol. The van der Waals surface area contributed by atoms with Crippen molar-refractivity contribution in [3.63, 3.8) is 0 Å². The van der Waals surface area contributed by atoms with Gasteiger partial charge in [-0.1, -0.05) is 20.3 Å². The number of carbonyl (C=O) groups is 3. The van der Waals surface area contributed by atoms with E-state index in [0.717, 1.165) is 29.7 Å². The predicted octanol–water partition coefficient (Wildman–Crippen LogP) is 2.79. The van der Waals surface area contributed by atoms with Gasteiger partial charge in [-0.15, -0.1) is 11.3 Å². The van der Waals surface area contributed by atoms with Gasteiger partial charge in [0.2, 0.25) is 5.78 Å². The quantitative estimate of drug-likeness (QED) is 0.620. The van der Waals surface area contributed by atoms with E-state index in [1.54, 1.807) is 19.9 Å². The third kappa shape index (κ3) is 4.16. The molecule has 0 atom stereocenters. The zero-order chi connectivity index (χ0) is 15.1. The number of nitrogens with one attached hydrogen (secondary N) is 1. The van der Waals surface area contributed by atoms with E-state index in [9.17, 15) is 14.4 Å². The average Bonchev–Trinajstić information content (AvgIpc) is 2.81. The van der Waals surface area contributed by atoms with E-state index in [1.807, 2.05) is 6.92 Å². The van der Waals surface area contributed by atoms with E-state index in [-0.39, 0.29) is 12.4 Å². The van der Waals surface area contributed by atoms with Crippen LogP contribution < -0.4 is 5.32 Å². The van der Waals surface area contributed by atoms with E-state index in [4.69, 9.17) is 4.74 Å². The van der Waals surface area contributed by atoms with Crippen molar-refractivity contribution in [2.24, 2.45) is 0 Å². The first-order chi connectivity index (χ1) is 9.53. The van der Waals surface area contributed by atoms with Crippen molar-refractivity contribution in [3.05, 3.63) is 16.5 Å². The summed E-state index contributed by atoms with van der Waals surface area (Å²) in [7, 11) is 0. The summed E-state index contributed by atoms with van der Waals surface area (Å²) in [4.78, 5) is 35.1. The van der Waals surface area contributed by atoms with Crippen LogP contribution in [0, 0.1) is 0 Å². The maximum atomic E-state index is 11.8. The third-order valence-electron chi connectivity index (χ3n) is 2.60. The van der Waals surface area contributed by atoms with Gasteiger partial charge in [0.05, 0.1) is 11.6 Å². The van der Waals surface area contributed by atoms with Crippen LogP contribution in [0.25, 0.3) is 0 Å². The number of ether oxygens (including phenoxy) is 1. The van der Waals surface area contributed by atoms with Crippen molar-refractivity contribution in [3.8, 4) is 0 Å². The standard InChI is InChI=1S/C14H19NO4S/c1-4-7-9-8-11(15-13(17)10(16)5-2)20-12(9)14(18)19-6-3/h8H,4-7H2,1-3H3,(H,15,17). The lowest BCUT2D eigenvalue weighted by atomic mass is 10.1. The highest BCUT2D eigenvalue weighted by atomic mass is 32.1. The summed E-state index contributed by atoms with van der Waals surface area (Å²) in [5, 5.41) is 3.03. The molecule has 0 aromatic carbocycles. The Bertz CT molecular complexity index is 507. The van der Waals surface area contributed by atoms with Crippen molar-refractivity contribution < 1.29 is 19.1 Å². The Balaban J connectivity index is 2.94. The molecule has 1 aromatic heterocycles. The SMILES string of the molecule is CCCc1cc(NC(=O)C(=O)CC)sc1C(=O)OCC. The molecule has 6 heteroatoms. The van der Waals surface area contributed by atoms with Crippen LogP contribution in [0.2, 0.25) is 0 Å². The second kappa shape index (κ2) is 7.79. The molecule has 0 aliphatic heterocycles.